The van der Waals surface area contributed by atoms with Gasteiger partial charge in [-0.2, -0.15) is 0 Å². The number of rotatable bonds is 3. The zero-order chi connectivity index (χ0) is 14.7. The fraction of sp³-hybridized carbons (Fsp3) is 0.389. The molecule has 0 radical (unpaired) electrons. The summed E-state index contributed by atoms with van der Waals surface area (Å²) >= 11 is 1.61. The molecule has 1 aliphatic heterocycles. The van der Waals surface area contributed by atoms with Crippen LogP contribution >= 0.6 is 11.3 Å². The van der Waals surface area contributed by atoms with Gasteiger partial charge in [-0.15, -0.1) is 11.3 Å². The molecule has 0 bridgehead atoms. The second kappa shape index (κ2) is 6.44. The molecule has 2 nitrogen and oxygen atoms in total. The average molecular weight is 299 g/mol. The van der Waals surface area contributed by atoms with E-state index in [1.165, 1.54) is 16.9 Å². The summed E-state index contributed by atoms with van der Waals surface area (Å²) < 4.78 is 0. The van der Waals surface area contributed by atoms with Crippen molar-refractivity contribution in [2.24, 2.45) is 0 Å². The molecule has 21 heavy (non-hydrogen) atoms. The van der Waals surface area contributed by atoms with Gasteiger partial charge in [0.05, 0.1) is 4.88 Å². The van der Waals surface area contributed by atoms with Crippen LogP contribution in [0.1, 0.15) is 42.3 Å². The maximum atomic E-state index is 12.8. The number of piperidine rings is 1. The first kappa shape index (κ1) is 14.3. The first-order valence-corrected chi connectivity index (χ1v) is 8.57. The van der Waals surface area contributed by atoms with Gasteiger partial charge in [-0.05, 0) is 43.4 Å². The van der Waals surface area contributed by atoms with E-state index in [9.17, 15) is 4.79 Å². The Kier molecular flexibility index (Phi) is 4.39. The first-order chi connectivity index (χ1) is 10.3. The zero-order valence-corrected chi connectivity index (χ0v) is 13.2. The van der Waals surface area contributed by atoms with Crippen molar-refractivity contribution in [3.63, 3.8) is 0 Å². The molecule has 0 saturated carbocycles. The molecule has 0 aliphatic carbocycles. The molecular weight excluding hydrogens is 278 g/mol. The van der Waals surface area contributed by atoms with E-state index in [4.69, 9.17) is 0 Å². The van der Waals surface area contributed by atoms with Gasteiger partial charge in [-0.1, -0.05) is 37.3 Å². The second-order valence-electron chi connectivity index (χ2n) is 5.59. The Morgan fingerprint density at radius 2 is 2.00 bits per heavy atom. The van der Waals surface area contributed by atoms with Crippen LogP contribution in [0.15, 0.2) is 42.5 Å². The maximum absolute atomic E-state index is 12.8. The minimum atomic E-state index is 0.216. The zero-order valence-electron chi connectivity index (χ0n) is 12.4. The quantitative estimate of drug-likeness (QED) is 0.795. The molecule has 1 aromatic carbocycles. The molecule has 3 rings (SSSR count). The first-order valence-electron chi connectivity index (χ1n) is 7.76. The molecule has 2 heterocycles. The van der Waals surface area contributed by atoms with E-state index >= 15 is 0 Å². The van der Waals surface area contributed by atoms with Crippen molar-refractivity contribution in [1.82, 2.24) is 4.90 Å². The Labute approximate surface area is 130 Å². The van der Waals surface area contributed by atoms with Gasteiger partial charge in [0, 0.05) is 17.5 Å². The molecule has 1 fully saturated rings. The van der Waals surface area contributed by atoms with Gasteiger partial charge in [0.25, 0.3) is 5.91 Å². The van der Waals surface area contributed by atoms with Crippen LogP contribution in [0.25, 0.3) is 10.4 Å². The molecule has 0 N–H and O–H groups in total. The molecule has 0 spiro atoms. The molecule has 1 saturated heterocycles. The highest BCUT2D eigenvalue weighted by Crippen LogP contribution is 2.30. The molecule has 1 unspecified atom stereocenters. The SMILES string of the molecule is CCC1CCCCN1C(=O)c1ccc(-c2ccccc2)s1. The summed E-state index contributed by atoms with van der Waals surface area (Å²) in [5.41, 5.74) is 1.19. The molecule has 2 aromatic rings. The summed E-state index contributed by atoms with van der Waals surface area (Å²) in [6.07, 6.45) is 4.60. The van der Waals surface area contributed by atoms with Gasteiger partial charge in [-0.3, -0.25) is 4.79 Å². The van der Waals surface area contributed by atoms with Gasteiger partial charge in [0.1, 0.15) is 0 Å². The van der Waals surface area contributed by atoms with E-state index in [0.717, 1.165) is 30.7 Å². The largest absolute Gasteiger partial charge is 0.335 e. The average Bonchev–Trinajstić information content (AvgIpc) is 3.05. The highest BCUT2D eigenvalue weighted by molar-refractivity contribution is 7.17. The molecule has 1 amide bonds. The molecule has 1 atom stereocenters. The predicted octanol–water partition coefficient (Wildman–Crippen LogP) is 4.82. The number of carbonyl (C=O) groups is 1. The number of amides is 1. The summed E-state index contributed by atoms with van der Waals surface area (Å²) in [5.74, 6) is 0.216. The van der Waals surface area contributed by atoms with Crippen LogP contribution in [0.2, 0.25) is 0 Å². The standard InChI is InChI=1S/C18H21NOS/c1-2-15-10-6-7-13-19(15)18(20)17-12-11-16(21-17)14-8-4-3-5-9-14/h3-5,8-9,11-12,15H,2,6-7,10,13H2,1H3. The number of nitrogens with zero attached hydrogens (tertiary/aromatic N) is 1. The maximum Gasteiger partial charge on any atom is 0.264 e. The Morgan fingerprint density at radius 3 is 2.76 bits per heavy atom. The smallest absolute Gasteiger partial charge is 0.264 e. The summed E-state index contributed by atoms with van der Waals surface area (Å²) in [4.78, 5) is 16.9. The van der Waals surface area contributed by atoms with E-state index in [1.807, 2.05) is 24.3 Å². The van der Waals surface area contributed by atoms with Gasteiger partial charge in [-0.25, -0.2) is 0 Å². The number of thiophene rings is 1. The van der Waals surface area contributed by atoms with Crippen LogP contribution in [0.5, 0.6) is 0 Å². The lowest BCUT2D eigenvalue weighted by atomic mass is 10.00. The summed E-state index contributed by atoms with van der Waals surface area (Å²) in [6, 6.07) is 14.7. The molecule has 1 aromatic heterocycles. The van der Waals surface area contributed by atoms with Crippen molar-refractivity contribution in [3.8, 4) is 10.4 Å². The van der Waals surface area contributed by atoms with Gasteiger partial charge in [0.15, 0.2) is 0 Å². The van der Waals surface area contributed by atoms with Crippen LogP contribution < -0.4 is 0 Å². The summed E-state index contributed by atoms with van der Waals surface area (Å²) in [6.45, 7) is 3.09. The summed E-state index contributed by atoms with van der Waals surface area (Å²) in [5, 5.41) is 0. The Balaban J connectivity index is 1.81. The highest BCUT2D eigenvalue weighted by Gasteiger charge is 2.27. The minimum absolute atomic E-state index is 0.216. The second-order valence-corrected chi connectivity index (χ2v) is 6.67. The van der Waals surface area contributed by atoms with Crippen molar-refractivity contribution in [2.75, 3.05) is 6.54 Å². The molecule has 1 aliphatic rings. The Morgan fingerprint density at radius 1 is 1.19 bits per heavy atom. The van der Waals surface area contributed by atoms with Crippen molar-refractivity contribution in [3.05, 3.63) is 47.3 Å². The number of benzene rings is 1. The van der Waals surface area contributed by atoms with Crippen LogP contribution in [0.3, 0.4) is 0 Å². The van der Waals surface area contributed by atoms with E-state index in [0.29, 0.717) is 6.04 Å². The van der Waals surface area contributed by atoms with Crippen LogP contribution in [0.4, 0.5) is 0 Å². The van der Waals surface area contributed by atoms with E-state index in [1.54, 1.807) is 11.3 Å². The number of likely N-dealkylation sites (tertiary alicyclic amines) is 1. The van der Waals surface area contributed by atoms with Crippen LogP contribution in [-0.4, -0.2) is 23.4 Å². The third-order valence-electron chi connectivity index (χ3n) is 4.23. The fourth-order valence-electron chi connectivity index (χ4n) is 3.04. The molecule has 3 heteroatoms. The van der Waals surface area contributed by atoms with E-state index in [2.05, 4.69) is 30.0 Å². The number of carbonyl (C=O) groups excluding carboxylic acids is 1. The molecular formula is C18H21NOS. The van der Waals surface area contributed by atoms with Crippen molar-refractivity contribution < 1.29 is 4.79 Å². The van der Waals surface area contributed by atoms with Crippen molar-refractivity contribution >= 4 is 17.2 Å². The lowest BCUT2D eigenvalue weighted by Crippen LogP contribution is -2.43. The van der Waals surface area contributed by atoms with E-state index < -0.39 is 0 Å². The Hall–Kier alpha value is -1.61. The van der Waals surface area contributed by atoms with Gasteiger partial charge in [0.2, 0.25) is 0 Å². The number of hydrogen-bond donors (Lipinski definition) is 0. The third-order valence-corrected chi connectivity index (χ3v) is 5.36. The fourth-order valence-corrected chi connectivity index (χ4v) is 4.01. The monoisotopic (exact) mass is 299 g/mol. The Bertz CT molecular complexity index is 605. The normalized spacial score (nSPS) is 18.7. The van der Waals surface area contributed by atoms with Crippen LogP contribution in [0, 0.1) is 0 Å². The topological polar surface area (TPSA) is 20.3 Å². The van der Waals surface area contributed by atoms with Gasteiger partial charge < -0.3 is 4.90 Å². The van der Waals surface area contributed by atoms with E-state index in [-0.39, 0.29) is 5.91 Å². The predicted molar refractivity (Wildman–Crippen MR) is 88.7 cm³/mol. The van der Waals surface area contributed by atoms with Gasteiger partial charge >= 0.3 is 0 Å². The van der Waals surface area contributed by atoms with Crippen molar-refractivity contribution in [1.29, 1.82) is 0 Å². The third kappa shape index (κ3) is 3.03. The van der Waals surface area contributed by atoms with Crippen molar-refractivity contribution in [2.45, 2.75) is 38.6 Å². The summed E-state index contributed by atoms with van der Waals surface area (Å²) in [7, 11) is 0. The number of hydrogen-bond acceptors (Lipinski definition) is 2. The lowest BCUT2D eigenvalue weighted by Gasteiger charge is -2.35. The molecule has 110 valence electrons. The van der Waals surface area contributed by atoms with Crippen LogP contribution in [-0.2, 0) is 0 Å². The highest BCUT2D eigenvalue weighted by atomic mass is 32.1. The lowest BCUT2D eigenvalue weighted by molar-refractivity contribution is 0.0613. The minimum Gasteiger partial charge on any atom is -0.335 e.